The fourth-order valence-electron chi connectivity index (χ4n) is 1.53. The number of amides is 1. The van der Waals surface area contributed by atoms with Gasteiger partial charge in [-0.1, -0.05) is 30.3 Å². The Morgan fingerprint density at radius 1 is 1.36 bits per heavy atom. The van der Waals surface area contributed by atoms with Gasteiger partial charge < -0.3 is 4.74 Å². The van der Waals surface area contributed by atoms with Crippen LogP contribution in [0.5, 0.6) is 0 Å². The standard InChI is InChI=1S/C13H13F3N4O2/c1-8(22-7-9-5-3-2-4-6-9)10(21)17-12-18-11(19-20-12)13(14,15)16/h2-6,8H,7H2,1H3,(H2,17,18,19,20,21)/t8-/m1/s1. The average molecular weight is 314 g/mol. The first kappa shape index (κ1) is 16.0. The van der Waals surface area contributed by atoms with Gasteiger partial charge in [-0.25, -0.2) is 0 Å². The summed E-state index contributed by atoms with van der Waals surface area (Å²) in [6, 6.07) is 9.16. The van der Waals surface area contributed by atoms with Crippen LogP contribution in [0, 0.1) is 0 Å². The van der Waals surface area contributed by atoms with Crippen molar-refractivity contribution in [1.82, 2.24) is 15.2 Å². The number of nitrogens with one attached hydrogen (secondary N) is 2. The summed E-state index contributed by atoms with van der Waals surface area (Å²) in [5.74, 6) is -2.36. The number of aromatic nitrogens is 3. The van der Waals surface area contributed by atoms with Crippen molar-refractivity contribution < 1.29 is 22.7 Å². The Kier molecular flexibility index (Phi) is 4.76. The molecule has 0 bridgehead atoms. The van der Waals surface area contributed by atoms with E-state index in [0.29, 0.717) is 0 Å². The number of halogens is 3. The normalized spacial score (nSPS) is 12.9. The topological polar surface area (TPSA) is 79.9 Å². The average Bonchev–Trinajstić information content (AvgIpc) is 2.94. The number of aromatic amines is 1. The second-order valence-corrected chi connectivity index (χ2v) is 4.43. The summed E-state index contributed by atoms with van der Waals surface area (Å²) < 4.78 is 42.3. The van der Waals surface area contributed by atoms with Crippen LogP contribution in [0.4, 0.5) is 19.1 Å². The molecule has 0 spiro atoms. The van der Waals surface area contributed by atoms with E-state index in [1.54, 1.807) is 5.10 Å². The maximum Gasteiger partial charge on any atom is 0.451 e. The minimum atomic E-state index is -4.65. The highest BCUT2D eigenvalue weighted by atomic mass is 19.4. The van der Waals surface area contributed by atoms with Crippen molar-refractivity contribution >= 4 is 11.9 Å². The molecule has 1 aromatic carbocycles. The molecule has 0 radical (unpaired) electrons. The number of carbonyl (C=O) groups is 1. The number of H-pyrrole nitrogens is 1. The van der Waals surface area contributed by atoms with E-state index in [1.807, 2.05) is 30.3 Å². The Labute approximate surface area is 123 Å². The van der Waals surface area contributed by atoms with Gasteiger partial charge in [0.25, 0.3) is 5.91 Å². The van der Waals surface area contributed by atoms with Gasteiger partial charge in [0.1, 0.15) is 6.10 Å². The van der Waals surface area contributed by atoms with E-state index in [4.69, 9.17) is 4.74 Å². The highest BCUT2D eigenvalue weighted by Crippen LogP contribution is 2.26. The lowest BCUT2D eigenvalue weighted by molar-refractivity contribution is -0.144. The molecule has 0 aliphatic heterocycles. The van der Waals surface area contributed by atoms with E-state index in [1.165, 1.54) is 6.92 Å². The number of alkyl halides is 3. The Balaban J connectivity index is 1.87. The Hall–Kier alpha value is -2.42. The predicted molar refractivity (Wildman–Crippen MR) is 70.7 cm³/mol. The number of hydrogen-bond donors (Lipinski definition) is 2. The molecule has 2 rings (SSSR count). The first-order valence-corrected chi connectivity index (χ1v) is 6.32. The van der Waals surface area contributed by atoms with Crippen LogP contribution in [0.1, 0.15) is 18.3 Å². The van der Waals surface area contributed by atoms with Crippen molar-refractivity contribution in [2.24, 2.45) is 0 Å². The zero-order valence-electron chi connectivity index (χ0n) is 11.5. The number of anilines is 1. The second kappa shape index (κ2) is 6.56. The van der Waals surface area contributed by atoms with Gasteiger partial charge in [-0.2, -0.15) is 18.2 Å². The second-order valence-electron chi connectivity index (χ2n) is 4.43. The number of rotatable bonds is 5. The highest BCUT2D eigenvalue weighted by Gasteiger charge is 2.35. The zero-order valence-corrected chi connectivity index (χ0v) is 11.5. The van der Waals surface area contributed by atoms with E-state index >= 15 is 0 Å². The smallest absolute Gasteiger partial charge is 0.364 e. The van der Waals surface area contributed by atoms with Crippen molar-refractivity contribution in [2.45, 2.75) is 25.8 Å². The number of hydrogen-bond acceptors (Lipinski definition) is 4. The molecule has 1 heterocycles. The van der Waals surface area contributed by atoms with E-state index < -0.39 is 30.0 Å². The molecule has 2 aromatic rings. The first-order chi connectivity index (χ1) is 10.4. The minimum absolute atomic E-state index is 0.206. The van der Waals surface area contributed by atoms with Gasteiger partial charge in [-0.3, -0.25) is 15.2 Å². The maximum atomic E-state index is 12.3. The van der Waals surface area contributed by atoms with Crippen molar-refractivity contribution in [3.05, 3.63) is 41.7 Å². The third-order valence-corrected chi connectivity index (χ3v) is 2.70. The third kappa shape index (κ3) is 4.29. The van der Waals surface area contributed by atoms with E-state index in [0.717, 1.165) is 5.56 Å². The largest absolute Gasteiger partial charge is 0.451 e. The Bertz CT molecular complexity index is 628. The van der Waals surface area contributed by atoms with Crippen LogP contribution >= 0.6 is 0 Å². The first-order valence-electron chi connectivity index (χ1n) is 6.32. The molecule has 0 saturated carbocycles. The van der Waals surface area contributed by atoms with Crippen LogP contribution in [0.25, 0.3) is 0 Å². The molecule has 0 unspecified atom stereocenters. The number of nitrogens with zero attached hydrogens (tertiary/aromatic N) is 2. The van der Waals surface area contributed by atoms with Crippen LogP contribution in [0.15, 0.2) is 30.3 Å². The van der Waals surface area contributed by atoms with Gasteiger partial charge in [0, 0.05) is 0 Å². The fourth-order valence-corrected chi connectivity index (χ4v) is 1.53. The molecule has 6 nitrogen and oxygen atoms in total. The molecule has 22 heavy (non-hydrogen) atoms. The SMILES string of the molecule is C[C@@H](OCc1ccccc1)C(=O)Nc1n[nH]c(C(F)(F)F)n1. The van der Waals surface area contributed by atoms with Gasteiger partial charge in [0.15, 0.2) is 0 Å². The van der Waals surface area contributed by atoms with E-state index in [2.05, 4.69) is 15.4 Å². The molecule has 1 atom stereocenters. The molecular weight excluding hydrogens is 301 g/mol. The zero-order chi connectivity index (χ0) is 16.2. The van der Waals surface area contributed by atoms with Crippen LogP contribution in [0.3, 0.4) is 0 Å². The van der Waals surface area contributed by atoms with E-state index in [9.17, 15) is 18.0 Å². The number of ether oxygens (including phenoxy) is 1. The fraction of sp³-hybridized carbons (Fsp3) is 0.308. The summed E-state index contributed by atoms with van der Waals surface area (Å²) in [7, 11) is 0. The molecule has 0 saturated heterocycles. The maximum absolute atomic E-state index is 12.3. The summed E-state index contributed by atoms with van der Waals surface area (Å²) in [4.78, 5) is 14.9. The summed E-state index contributed by atoms with van der Waals surface area (Å²) in [5, 5.41) is 7.14. The summed E-state index contributed by atoms with van der Waals surface area (Å²) in [5.41, 5.74) is 0.874. The van der Waals surface area contributed by atoms with Crippen LogP contribution in [0.2, 0.25) is 0 Å². The minimum Gasteiger partial charge on any atom is -0.364 e. The molecule has 1 amide bonds. The Morgan fingerprint density at radius 2 is 2.05 bits per heavy atom. The van der Waals surface area contributed by atoms with Crippen molar-refractivity contribution in [3.8, 4) is 0 Å². The predicted octanol–water partition coefficient (Wildman–Crippen LogP) is 2.37. The number of benzene rings is 1. The molecule has 9 heteroatoms. The van der Waals surface area contributed by atoms with Crippen molar-refractivity contribution in [1.29, 1.82) is 0 Å². The van der Waals surface area contributed by atoms with Gasteiger partial charge in [0.2, 0.25) is 11.8 Å². The van der Waals surface area contributed by atoms with E-state index in [-0.39, 0.29) is 6.61 Å². The molecule has 0 aliphatic rings. The van der Waals surface area contributed by atoms with Crippen molar-refractivity contribution in [3.63, 3.8) is 0 Å². The lowest BCUT2D eigenvalue weighted by atomic mass is 10.2. The van der Waals surface area contributed by atoms with Crippen LogP contribution in [-0.2, 0) is 22.3 Å². The quantitative estimate of drug-likeness (QED) is 0.888. The lowest BCUT2D eigenvalue weighted by Gasteiger charge is -2.11. The van der Waals surface area contributed by atoms with Crippen LogP contribution < -0.4 is 5.32 Å². The van der Waals surface area contributed by atoms with Crippen LogP contribution in [-0.4, -0.2) is 27.2 Å². The molecule has 0 fully saturated rings. The highest BCUT2D eigenvalue weighted by molar-refractivity contribution is 5.92. The molecule has 0 aliphatic carbocycles. The lowest BCUT2D eigenvalue weighted by Crippen LogP contribution is -2.28. The monoisotopic (exact) mass is 314 g/mol. The van der Waals surface area contributed by atoms with Gasteiger partial charge in [-0.05, 0) is 12.5 Å². The van der Waals surface area contributed by atoms with Crippen molar-refractivity contribution in [2.75, 3.05) is 5.32 Å². The summed E-state index contributed by atoms with van der Waals surface area (Å²) in [6.07, 6.45) is -5.51. The summed E-state index contributed by atoms with van der Waals surface area (Å²) in [6.45, 7) is 1.69. The number of carbonyl (C=O) groups excluding carboxylic acids is 1. The molecule has 2 N–H and O–H groups in total. The third-order valence-electron chi connectivity index (χ3n) is 2.70. The molecular formula is C13H13F3N4O2. The molecule has 1 aromatic heterocycles. The van der Waals surface area contributed by atoms with Gasteiger partial charge >= 0.3 is 6.18 Å². The van der Waals surface area contributed by atoms with Gasteiger partial charge in [-0.15, -0.1) is 5.10 Å². The molecule has 118 valence electrons. The summed E-state index contributed by atoms with van der Waals surface area (Å²) >= 11 is 0. The Morgan fingerprint density at radius 3 is 2.64 bits per heavy atom. The van der Waals surface area contributed by atoms with Gasteiger partial charge in [0.05, 0.1) is 6.61 Å².